The van der Waals surface area contributed by atoms with E-state index in [0.717, 1.165) is 18.4 Å². The minimum atomic E-state index is -0.181. The predicted octanol–water partition coefficient (Wildman–Crippen LogP) is 3.00. The van der Waals surface area contributed by atoms with Crippen molar-refractivity contribution in [2.75, 3.05) is 13.7 Å². The summed E-state index contributed by atoms with van der Waals surface area (Å²) < 4.78 is 10.8. The average molecular weight is 330 g/mol. The lowest BCUT2D eigenvalue weighted by atomic mass is 10.2. The number of methoxy groups -OCH3 is 1. The molecule has 128 valence electrons. The molecule has 24 heavy (non-hydrogen) atoms. The number of rotatable bonds is 4. The third kappa shape index (κ3) is 3.20. The topological polar surface area (TPSA) is 80.5 Å². The Kier molecular flexibility index (Phi) is 4.69. The quantitative estimate of drug-likeness (QED) is 0.932. The van der Waals surface area contributed by atoms with Gasteiger partial charge in [-0.15, -0.1) is 0 Å². The number of carbonyl (C=O) groups excluding carboxylic acids is 1. The van der Waals surface area contributed by atoms with Gasteiger partial charge >= 0.3 is 6.03 Å². The van der Waals surface area contributed by atoms with Crippen molar-refractivity contribution in [1.29, 1.82) is 0 Å². The standard InChI is InChI=1S/C17H22N4O3/c1-11(2)18-17(22)21-10-6-8-13(21)16-19-15(20-24-16)12-7-4-5-9-14(12)23-3/h4-5,7,9,11,13H,6,8,10H2,1-3H3,(H,18,22)/t13-/m0/s1. The number of benzene rings is 1. The second-order valence-corrected chi connectivity index (χ2v) is 6.11. The van der Waals surface area contributed by atoms with E-state index in [0.29, 0.717) is 24.0 Å². The highest BCUT2D eigenvalue weighted by Gasteiger charge is 2.34. The van der Waals surface area contributed by atoms with Crippen LogP contribution in [0, 0.1) is 0 Å². The van der Waals surface area contributed by atoms with E-state index in [2.05, 4.69) is 15.5 Å². The van der Waals surface area contributed by atoms with Crippen LogP contribution in [-0.2, 0) is 0 Å². The van der Waals surface area contributed by atoms with E-state index in [1.165, 1.54) is 0 Å². The molecular weight excluding hydrogens is 308 g/mol. The largest absolute Gasteiger partial charge is 0.496 e. The molecule has 0 bridgehead atoms. The lowest BCUT2D eigenvalue weighted by Crippen LogP contribution is -2.42. The number of carbonyl (C=O) groups is 1. The zero-order valence-electron chi connectivity index (χ0n) is 14.2. The van der Waals surface area contributed by atoms with Crippen LogP contribution in [0.25, 0.3) is 11.4 Å². The van der Waals surface area contributed by atoms with E-state index in [-0.39, 0.29) is 18.1 Å². The minimum absolute atomic E-state index is 0.0885. The Morgan fingerprint density at radius 2 is 2.21 bits per heavy atom. The Hall–Kier alpha value is -2.57. The number of aromatic nitrogens is 2. The van der Waals surface area contributed by atoms with Crippen molar-refractivity contribution in [3.05, 3.63) is 30.2 Å². The van der Waals surface area contributed by atoms with Gasteiger partial charge in [0.15, 0.2) is 0 Å². The second-order valence-electron chi connectivity index (χ2n) is 6.11. The zero-order valence-corrected chi connectivity index (χ0v) is 14.2. The normalized spacial score (nSPS) is 17.3. The van der Waals surface area contributed by atoms with Crippen molar-refractivity contribution in [2.24, 2.45) is 0 Å². The number of para-hydroxylation sites is 1. The first-order valence-electron chi connectivity index (χ1n) is 8.14. The van der Waals surface area contributed by atoms with Crippen LogP contribution in [0.2, 0.25) is 0 Å². The molecule has 0 aliphatic carbocycles. The Labute approximate surface area is 141 Å². The number of likely N-dealkylation sites (tertiary alicyclic amines) is 1. The van der Waals surface area contributed by atoms with Crippen molar-refractivity contribution in [3.8, 4) is 17.1 Å². The molecule has 0 spiro atoms. The van der Waals surface area contributed by atoms with Gasteiger partial charge in [0.25, 0.3) is 0 Å². The lowest BCUT2D eigenvalue weighted by Gasteiger charge is -2.23. The summed E-state index contributed by atoms with van der Waals surface area (Å²) in [5, 5.41) is 6.99. The van der Waals surface area contributed by atoms with Crippen LogP contribution < -0.4 is 10.1 Å². The van der Waals surface area contributed by atoms with Crippen molar-refractivity contribution in [1.82, 2.24) is 20.4 Å². The van der Waals surface area contributed by atoms with Crippen molar-refractivity contribution in [2.45, 2.75) is 38.8 Å². The summed E-state index contributed by atoms with van der Waals surface area (Å²) in [6.07, 6.45) is 1.74. The van der Waals surface area contributed by atoms with E-state index in [1.54, 1.807) is 12.0 Å². The molecule has 1 N–H and O–H groups in total. The van der Waals surface area contributed by atoms with Crippen LogP contribution in [0.5, 0.6) is 5.75 Å². The SMILES string of the molecule is COc1ccccc1-c1noc([C@@H]2CCCN2C(=O)NC(C)C)n1. The molecule has 0 radical (unpaired) electrons. The molecule has 1 atom stereocenters. The van der Waals surface area contributed by atoms with E-state index in [4.69, 9.17) is 9.26 Å². The van der Waals surface area contributed by atoms with Crippen LogP contribution in [-0.4, -0.2) is 40.8 Å². The fourth-order valence-electron chi connectivity index (χ4n) is 2.91. The van der Waals surface area contributed by atoms with E-state index in [9.17, 15) is 4.79 Å². The number of hydrogen-bond acceptors (Lipinski definition) is 5. The molecular formula is C17H22N4O3. The van der Waals surface area contributed by atoms with Crippen LogP contribution in [0.4, 0.5) is 4.79 Å². The van der Waals surface area contributed by atoms with Crippen molar-refractivity contribution in [3.63, 3.8) is 0 Å². The number of nitrogens with zero attached hydrogens (tertiary/aromatic N) is 3. The van der Waals surface area contributed by atoms with Crippen LogP contribution in [0.15, 0.2) is 28.8 Å². The molecule has 1 aliphatic rings. The highest BCUT2D eigenvalue weighted by molar-refractivity contribution is 5.75. The first kappa shape index (κ1) is 16.3. The Morgan fingerprint density at radius 3 is 2.96 bits per heavy atom. The number of urea groups is 1. The van der Waals surface area contributed by atoms with Crippen LogP contribution in [0.3, 0.4) is 0 Å². The molecule has 0 saturated carbocycles. The Bertz CT molecular complexity index is 713. The highest BCUT2D eigenvalue weighted by atomic mass is 16.5. The molecule has 1 aromatic carbocycles. The summed E-state index contributed by atoms with van der Waals surface area (Å²) >= 11 is 0. The van der Waals surface area contributed by atoms with Gasteiger partial charge in [0.2, 0.25) is 11.7 Å². The lowest BCUT2D eigenvalue weighted by molar-refractivity contribution is 0.178. The van der Waals surface area contributed by atoms with Gasteiger partial charge < -0.3 is 19.5 Å². The van der Waals surface area contributed by atoms with E-state index < -0.39 is 0 Å². The number of amides is 2. The Balaban J connectivity index is 1.83. The molecule has 7 nitrogen and oxygen atoms in total. The van der Waals surface area contributed by atoms with Gasteiger partial charge in [-0.2, -0.15) is 4.98 Å². The van der Waals surface area contributed by atoms with Gasteiger partial charge in [0.1, 0.15) is 11.8 Å². The molecule has 2 heterocycles. The predicted molar refractivity (Wildman–Crippen MR) is 88.6 cm³/mol. The first-order chi connectivity index (χ1) is 11.6. The minimum Gasteiger partial charge on any atom is -0.496 e. The number of nitrogens with one attached hydrogen (secondary N) is 1. The van der Waals surface area contributed by atoms with Gasteiger partial charge in [-0.3, -0.25) is 0 Å². The summed E-state index contributed by atoms with van der Waals surface area (Å²) in [4.78, 5) is 18.6. The molecule has 2 aromatic rings. The molecule has 1 saturated heterocycles. The number of hydrogen-bond donors (Lipinski definition) is 1. The summed E-state index contributed by atoms with van der Waals surface area (Å²) in [6, 6.07) is 7.33. The second kappa shape index (κ2) is 6.90. The van der Waals surface area contributed by atoms with Gasteiger partial charge in [-0.1, -0.05) is 17.3 Å². The maximum atomic E-state index is 12.3. The summed E-state index contributed by atoms with van der Waals surface area (Å²) in [5.74, 6) is 1.62. The number of ether oxygens (including phenoxy) is 1. The van der Waals surface area contributed by atoms with Crippen molar-refractivity contribution < 1.29 is 14.1 Å². The molecule has 0 unspecified atom stereocenters. The van der Waals surface area contributed by atoms with Crippen LogP contribution in [0.1, 0.15) is 38.6 Å². The third-order valence-electron chi connectivity index (χ3n) is 4.00. The Morgan fingerprint density at radius 1 is 1.42 bits per heavy atom. The fourth-order valence-corrected chi connectivity index (χ4v) is 2.91. The zero-order chi connectivity index (χ0) is 17.1. The molecule has 2 amide bonds. The van der Waals surface area contributed by atoms with Crippen LogP contribution >= 0.6 is 0 Å². The van der Waals surface area contributed by atoms with E-state index >= 15 is 0 Å². The van der Waals surface area contributed by atoms with Crippen molar-refractivity contribution >= 4 is 6.03 Å². The molecule has 1 fully saturated rings. The highest BCUT2D eigenvalue weighted by Crippen LogP contribution is 2.33. The smallest absolute Gasteiger partial charge is 0.318 e. The molecule has 3 rings (SSSR count). The van der Waals surface area contributed by atoms with Gasteiger partial charge in [-0.25, -0.2) is 4.79 Å². The van der Waals surface area contributed by atoms with E-state index in [1.807, 2.05) is 38.1 Å². The summed E-state index contributed by atoms with van der Waals surface area (Å²) in [6.45, 7) is 4.57. The molecule has 1 aliphatic heterocycles. The summed E-state index contributed by atoms with van der Waals surface area (Å²) in [5.41, 5.74) is 0.770. The molecule has 1 aromatic heterocycles. The fraction of sp³-hybridized carbons (Fsp3) is 0.471. The van der Waals surface area contributed by atoms with Gasteiger partial charge in [0, 0.05) is 12.6 Å². The summed E-state index contributed by atoms with van der Waals surface area (Å²) in [7, 11) is 1.61. The maximum absolute atomic E-state index is 12.3. The third-order valence-corrected chi connectivity index (χ3v) is 4.00. The molecule has 7 heteroatoms. The first-order valence-corrected chi connectivity index (χ1v) is 8.14. The van der Waals surface area contributed by atoms with Gasteiger partial charge in [0.05, 0.1) is 12.7 Å². The monoisotopic (exact) mass is 330 g/mol. The maximum Gasteiger partial charge on any atom is 0.318 e. The van der Waals surface area contributed by atoms with Gasteiger partial charge in [-0.05, 0) is 38.8 Å². The average Bonchev–Trinajstić information content (AvgIpc) is 3.23.